The van der Waals surface area contributed by atoms with E-state index in [2.05, 4.69) is 20.8 Å². The molecule has 1 rings (SSSR count). The van der Waals surface area contributed by atoms with Crippen LogP contribution in [0.1, 0.15) is 0 Å². The van der Waals surface area contributed by atoms with E-state index < -0.39 is 6.61 Å². The zero-order valence-electron chi connectivity index (χ0n) is 6.84. The van der Waals surface area contributed by atoms with E-state index in [4.69, 9.17) is 5.84 Å². The summed E-state index contributed by atoms with van der Waals surface area (Å²) < 4.78 is 29.0. The number of aromatic amines is 1. The molecule has 13 heavy (non-hydrogen) atoms. The number of ether oxygens (including phenoxy) is 1. The first-order valence-corrected chi connectivity index (χ1v) is 3.39. The van der Waals surface area contributed by atoms with Gasteiger partial charge in [-0.25, -0.2) is 5.84 Å². The van der Waals surface area contributed by atoms with Crippen molar-refractivity contribution in [2.24, 2.45) is 12.9 Å². The van der Waals surface area contributed by atoms with Gasteiger partial charge in [-0.3, -0.25) is 0 Å². The molecule has 6 nitrogen and oxygen atoms in total. The van der Waals surface area contributed by atoms with Crippen molar-refractivity contribution in [2.75, 3.05) is 5.43 Å². The number of nitrogens with one attached hydrogen (secondary N) is 3. The van der Waals surface area contributed by atoms with Crippen molar-refractivity contribution in [3.05, 3.63) is 6.07 Å². The number of rotatable bonds is 4. The van der Waals surface area contributed by atoms with Gasteiger partial charge in [-0.05, 0) is 0 Å². The standard InChI is InChI=1S/C5H9F2N5O/c1-12-3(9-11-8)2-4(10-12)13-5(6)7/h2,5,11H,8H2,1H3,(H,9,10)/p+1. The van der Waals surface area contributed by atoms with Crippen LogP contribution in [0, 0.1) is 0 Å². The van der Waals surface area contributed by atoms with Crippen LogP contribution in [0.2, 0.25) is 0 Å². The molecule has 74 valence electrons. The van der Waals surface area contributed by atoms with Gasteiger partial charge in [0.1, 0.15) is 7.05 Å². The van der Waals surface area contributed by atoms with Gasteiger partial charge in [-0.2, -0.15) is 24.0 Å². The van der Waals surface area contributed by atoms with Crippen molar-refractivity contribution in [1.82, 2.24) is 10.6 Å². The molecule has 0 unspecified atom stereocenters. The Hall–Kier alpha value is -1.41. The number of H-pyrrole nitrogens is 1. The predicted molar refractivity (Wildman–Crippen MR) is 39.5 cm³/mol. The summed E-state index contributed by atoms with van der Waals surface area (Å²) in [5.41, 5.74) is 4.66. The summed E-state index contributed by atoms with van der Waals surface area (Å²) in [5.74, 6) is 5.39. The van der Waals surface area contributed by atoms with Crippen LogP contribution in [0.3, 0.4) is 0 Å². The number of aryl methyl sites for hydroxylation is 1. The Bertz CT molecular complexity index is 276. The van der Waals surface area contributed by atoms with E-state index in [1.165, 1.54) is 10.7 Å². The van der Waals surface area contributed by atoms with Crippen LogP contribution < -0.4 is 26.2 Å². The number of alkyl halides is 2. The Morgan fingerprint density at radius 3 is 2.92 bits per heavy atom. The van der Waals surface area contributed by atoms with Gasteiger partial charge >= 0.3 is 12.4 Å². The highest BCUT2D eigenvalue weighted by molar-refractivity contribution is 5.30. The summed E-state index contributed by atoms with van der Waals surface area (Å²) in [5, 5.41) is 2.52. The molecule has 0 aliphatic heterocycles. The summed E-state index contributed by atoms with van der Waals surface area (Å²) in [6.07, 6.45) is 0. The van der Waals surface area contributed by atoms with Gasteiger partial charge in [-0.1, -0.05) is 5.53 Å². The highest BCUT2D eigenvalue weighted by Crippen LogP contribution is 2.12. The van der Waals surface area contributed by atoms with Crippen molar-refractivity contribution in [3.8, 4) is 5.88 Å². The van der Waals surface area contributed by atoms with Gasteiger partial charge in [0, 0.05) is 0 Å². The normalized spacial score (nSPS) is 10.5. The molecular formula is C5H10F2N5O+. The zero-order valence-corrected chi connectivity index (χ0v) is 6.84. The lowest BCUT2D eigenvalue weighted by Gasteiger charge is -1.96. The minimum atomic E-state index is -2.85. The number of hydrazine groups is 2. The number of aromatic nitrogens is 2. The number of hydrogen-bond donors (Lipinski definition) is 4. The van der Waals surface area contributed by atoms with E-state index in [9.17, 15) is 8.78 Å². The molecular weight excluding hydrogens is 184 g/mol. The molecule has 0 spiro atoms. The Labute approximate surface area is 72.6 Å². The average molecular weight is 194 g/mol. The highest BCUT2D eigenvalue weighted by atomic mass is 19.3. The van der Waals surface area contributed by atoms with Crippen molar-refractivity contribution >= 4 is 5.82 Å². The van der Waals surface area contributed by atoms with Crippen molar-refractivity contribution in [1.29, 1.82) is 0 Å². The van der Waals surface area contributed by atoms with Gasteiger partial charge < -0.3 is 4.74 Å². The first-order chi connectivity index (χ1) is 6.13. The molecule has 1 heterocycles. The minimum Gasteiger partial charge on any atom is -0.416 e. The third-order valence-electron chi connectivity index (χ3n) is 1.32. The fourth-order valence-electron chi connectivity index (χ4n) is 0.829. The average Bonchev–Trinajstić information content (AvgIpc) is 2.31. The molecule has 8 heteroatoms. The second kappa shape index (κ2) is 4.01. The molecule has 0 saturated carbocycles. The first-order valence-electron chi connectivity index (χ1n) is 3.39. The fraction of sp³-hybridized carbons (Fsp3) is 0.400. The van der Waals surface area contributed by atoms with Gasteiger partial charge in [0.25, 0.3) is 0 Å². The van der Waals surface area contributed by atoms with E-state index in [0.717, 1.165) is 0 Å². The first kappa shape index (κ1) is 9.68. The minimum absolute atomic E-state index is 0.0461. The Balaban J connectivity index is 2.70. The molecule has 1 aromatic heterocycles. The zero-order chi connectivity index (χ0) is 9.84. The second-order valence-electron chi connectivity index (χ2n) is 2.21. The number of hydrogen-bond acceptors (Lipinski definition) is 4. The Morgan fingerprint density at radius 1 is 1.69 bits per heavy atom. The van der Waals surface area contributed by atoms with E-state index in [1.54, 1.807) is 7.05 Å². The van der Waals surface area contributed by atoms with Crippen LogP contribution in [-0.4, -0.2) is 11.7 Å². The molecule has 1 aromatic rings. The summed E-state index contributed by atoms with van der Waals surface area (Å²) in [6.45, 7) is -2.85. The van der Waals surface area contributed by atoms with Crippen LogP contribution >= 0.6 is 0 Å². The third kappa shape index (κ3) is 2.53. The monoisotopic (exact) mass is 194 g/mol. The van der Waals surface area contributed by atoms with Crippen molar-refractivity contribution in [3.63, 3.8) is 0 Å². The molecule has 0 bridgehead atoms. The number of halogens is 2. The van der Waals surface area contributed by atoms with Gasteiger partial charge in [0.2, 0.25) is 5.88 Å². The highest BCUT2D eigenvalue weighted by Gasteiger charge is 2.13. The van der Waals surface area contributed by atoms with Crippen LogP contribution in [0.15, 0.2) is 6.07 Å². The van der Waals surface area contributed by atoms with Crippen molar-refractivity contribution in [2.45, 2.75) is 6.61 Å². The molecule has 0 radical (unpaired) electrons. The Morgan fingerprint density at radius 2 is 2.38 bits per heavy atom. The smallest absolute Gasteiger partial charge is 0.388 e. The number of nitrogens with two attached hydrogens (primary N) is 1. The van der Waals surface area contributed by atoms with E-state index in [-0.39, 0.29) is 5.88 Å². The summed E-state index contributed by atoms with van der Waals surface area (Å²) in [7, 11) is 1.61. The van der Waals surface area contributed by atoms with Crippen LogP contribution in [0.25, 0.3) is 0 Å². The van der Waals surface area contributed by atoms with Crippen LogP contribution in [0.5, 0.6) is 5.88 Å². The quantitative estimate of drug-likeness (QED) is 0.288. The SMILES string of the molecule is C[n+]1[nH]c(OC(F)F)cc1NNN. The topological polar surface area (TPSA) is 79.0 Å². The number of anilines is 1. The maximum absolute atomic E-state index is 11.7. The molecule has 0 aliphatic carbocycles. The van der Waals surface area contributed by atoms with Crippen LogP contribution in [0.4, 0.5) is 14.6 Å². The summed E-state index contributed by atoms with van der Waals surface area (Å²) >= 11 is 0. The molecule has 0 aliphatic rings. The second-order valence-corrected chi connectivity index (χ2v) is 2.21. The largest absolute Gasteiger partial charge is 0.416 e. The summed E-state index contributed by atoms with van der Waals surface area (Å²) in [4.78, 5) is 0. The maximum atomic E-state index is 11.7. The lowest BCUT2D eigenvalue weighted by atomic mass is 10.6. The lowest BCUT2D eigenvalue weighted by Crippen LogP contribution is -2.39. The molecule has 0 aromatic carbocycles. The van der Waals surface area contributed by atoms with Gasteiger partial charge in [0.15, 0.2) is 0 Å². The fourth-order valence-corrected chi connectivity index (χ4v) is 0.829. The van der Waals surface area contributed by atoms with E-state index in [0.29, 0.717) is 5.82 Å². The Kier molecular flexibility index (Phi) is 2.98. The number of nitrogens with zero attached hydrogens (tertiary/aromatic N) is 1. The molecule has 0 amide bonds. The van der Waals surface area contributed by atoms with Gasteiger partial charge in [-0.15, -0.1) is 0 Å². The predicted octanol–water partition coefficient (Wildman–Crippen LogP) is -0.769. The molecule has 0 saturated heterocycles. The molecule has 0 fully saturated rings. The lowest BCUT2D eigenvalue weighted by molar-refractivity contribution is -0.714. The van der Waals surface area contributed by atoms with Gasteiger partial charge in [0.05, 0.1) is 6.07 Å². The molecule has 0 atom stereocenters. The van der Waals surface area contributed by atoms with E-state index >= 15 is 0 Å². The molecule has 5 N–H and O–H groups in total. The summed E-state index contributed by atoms with van der Waals surface area (Å²) in [6, 6.07) is 1.34. The third-order valence-corrected chi connectivity index (χ3v) is 1.32. The van der Waals surface area contributed by atoms with E-state index in [1.807, 2.05) is 0 Å². The van der Waals surface area contributed by atoms with Crippen LogP contribution in [-0.2, 0) is 7.05 Å². The van der Waals surface area contributed by atoms with Crippen molar-refractivity contribution < 1.29 is 18.2 Å². The maximum Gasteiger partial charge on any atom is 0.388 e.